The Labute approximate surface area is 139 Å². The van der Waals surface area contributed by atoms with E-state index in [9.17, 15) is 4.79 Å². The lowest BCUT2D eigenvalue weighted by Crippen LogP contribution is -2.53. The van der Waals surface area contributed by atoms with Gasteiger partial charge in [0.1, 0.15) is 5.69 Å². The molecule has 2 aliphatic carbocycles. The van der Waals surface area contributed by atoms with E-state index in [0.717, 1.165) is 25.1 Å². The van der Waals surface area contributed by atoms with E-state index in [-0.39, 0.29) is 5.91 Å². The Morgan fingerprint density at radius 3 is 2.61 bits per heavy atom. The van der Waals surface area contributed by atoms with Crippen molar-refractivity contribution in [2.75, 3.05) is 0 Å². The zero-order valence-electron chi connectivity index (χ0n) is 14.6. The Kier molecular flexibility index (Phi) is 4.76. The third-order valence-electron chi connectivity index (χ3n) is 5.60. The van der Waals surface area contributed by atoms with Crippen LogP contribution in [0, 0.1) is 11.8 Å². The van der Waals surface area contributed by atoms with Crippen LogP contribution in [0.5, 0.6) is 0 Å². The monoisotopic (exact) mass is 318 g/mol. The molecule has 1 heterocycles. The molecule has 2 saturated carbocycles. The normalized spacial score (nSPS) is 30.5. The van der Waals surface area contributed by atoms with Gasteiger partial charge in [0.15, 0.2) is 0 Å². The molecule has 0 saturated heterocycles. The number of hydrogen-bond acceptors (Lipinski definition) is 3. The third-order valence-corrected chi connectivity index (χ3v) is 5.60. The third kappa shape index (κ3) is 3.30. The zero-order chi connectivity index (χ0) is 16.6. The minimum Gasteiger partial charge on any atom is -0.347 e. The lowest BCUT2D eigenvalue weighted by atomic mass is 9.67. The summed E-state index contributed by atoms with van der Waals surface area (Å²) in [6, 6.07) is 2.55. The first kappa shape index (κ1) is 16.5. The highest BCUT2D eigenvalue weighted by molar-refractivity contribution is 5.93. The number of carbonyl (C=O) groups excluding carboxylic acids is 1. The van der Waals surface area contributed by atoms with Crippen molar-refractivity contribution >= 4 is 5.91 Å². The molecule has 0 aliphatic heterocycles. The second-order valence-corrected chi connectivity index (χ2v) is 7.61. The van der Waals surface area contributed by atoms with Crippen molar-refractivity contribution in [3.63, 3.8) is 0 Å². The van der Waals surface area contributed by atoms with Crippen LogP contribution in [0.25, 0.3) is 0 Å². The van der Waals surface area contributed by atoms with Crippen LogP contribution >= 0.6 is 0 Å². The van der Waals surface area contributed by atoms with E-state index in [1.807, 2.05) is 17.7 Å². The first-order valence-corrected chi connectivity index (χ1v) is 9.13. The average Bonchev–Trinajstić information content (AvgIpc) is 2.92. The molecule has 0 radical (unpaired) electrons. The topological polar surface area (TPSA) is 72.9 Å². The van der Waals surface area contributed by atoms with Crippen molar-refractivity contribution in [2.45, 2.75) is 77.4 Å². The number of aromatic nitrogens is 2. The Balaban J connectivity index is 1.76. The number of rotatable bonds is 4. The van der Waals surface area contributed by atoms with Crippen molar-refractivity contribution < 1.29 is 4.79 Å². The van der Waals surface area contributed by atoms with Gasteiger partial charge in [-0.15, -0.1) is 0 Å². The van der Waals surface area contributed by atoms with E-state index < -0.39 is 0 Å². The molecule has 0 spiro atoms. The fraction of sp³-hybridized carbons (Fsp3) is 0.778. The number of nitrogens with two attached hydrogens (primary N) is 1. The summed E-state index contributed by atoms with van der Waals surface area (Å²) in [5.74, 6) is 1.46. The fourth-order valence-corrected chi connectivity index (χ4v) is 4.39. The number of carbonyl (C=O) groups is 1. The number of amides is 1. The number of nitrogens with zero attached hydrogens (tertiary/aromatic N) is 2. The lowest BCUT2D eigenvalue weighted by Gasteiger charge is -2.45. The molecule has 0 aromatic carbocycles. The molecule has 3 rings (SSSR count). The smallest absolute Gasteiger partial charge is 0.269 e. The molecular formula is C18H30N4O. The average molecular weight is 318 g/mol. The lowest BCUT2D eigenvalue weighted by molar-refractivity contribution is 0.0747. The number of hydrogen-bond donors (Lipinski definition) is 2. The van der Waals surface area contributed by atoms with Gasteiger partial charge < -0.3 is 11.1 Å². The summed E-state index contributed by atoms with van der Waals surface area (Å²) in [6.45, 7) is 6.97. The number of fused-ring (bicyclic) bond motifs is 2. The first-order valence-electron chi connectivity index (χ1n) is 9.13. The maximum absolute atomic E-state index is 12.8. The van der Waals surface area contributed by atoms with Crippen LogP contribution < -0.4 is 11.1 Å². The second-order valence-electron chi connectivity index (χ2n) is 7.61. The van der Waals surface area contributed by atoms with Gasteiger partial charge in [0.25, 0.3) is 5.91 Å². The van der Waals surface area contributed by atoms with Crippen LogP contribution in [0.15, 0.2) is 6.07 Å². The summed E-state index contributed by atoms with van der Waals surface area (Å²) in [5, 5.41) is 7.89. The summed E-state index contributed by atoms with van der Waals surface area (Å²) < 4.78 is 1.83. The van der Waals surface area contributed by atoms with E-state index >= 15 is 0 Å². The van der Waals surface area contributed by atoms with Gasteiger partial charge in [-0.1, -0.05) is 20.3 Å². The van der Waals surface area contributed by atoms with E-state index in [2.05, 4.69) is 24.3 Å². The van der Waals surface area contributed by atoms with E-state index in [1.54, 1.807) is 0 Å². The van der Waals surface area contributed by atoms with E-state index in [4.69, 9.17) is 5.73 Å². The zero-order valence-corrected chi connectivity index (χ0v) is 14.6. The maximum atomic E-state index is 12.8. The van der Waals surface area contributed by atoms with Gasteiger partial charge in [0, 0.05) is 18.6 Å². The second kappa shape index (κ2) is 6.63. The highest BCUT2D eigenvalue weighted by Gasteiger charge is 2.40. The quantitative estimate of drug-likeness (QED) is 0.896. The molecule has 5 nitrogen and oxygen atoms in total. The summed E-state index contributed by atoms with van der Waals surface area (Å²) in [7, 11) is 0. The van der Waals surface area contributed by atoms with Gasteiger partial charge in [0.05, 0.1) is 5.69 Å². The molecule has 1 amide bonds. The largest absolute Gasteiger partial charge is 0.347 e. The predicted molar refractivity (Wildman–Crippen MR) is 91.3 cm³/mol. The van der Waals surface area contributed by atoms with Crippen molar-refractivity contribution in [3.8, 4) is 0 Å². The number of aryl methyl sites for hydroxylation is 1. The van der Waals surface area contributed by atoms with Crippen molar-refractivity contribution in [2.24, 2.45) is 17.6 Å². The van der Waals surface area contributed by atoms with Crippen LogP contribution in [-0.2, 0) is 6.54 Å². The Hall–Kier alpha value is -1.36. The van der Waals surface area contributed by atoms with Gasteiger partial charge in [-0.05, 0) is 56.4 Å². The minimum absolute atomic E-state index is 0.0311. The van der Waals surface area contributed by atoms with Crippen LogP contribution in [0.1, 0.15) is 75.0 Å². The van der Waals surface area contributed by atoms with Crippen LogP contribution in [-0.4, -0.2) is 27.8 Å². The van der Waals surface area contributed by atoms with Gasteiger partial charge in [0.2, 0.25) is 0 Å². The highest BCUT2D eigenvalue weighted by atomic mass is 16.2. The van der Waals surface area contributed by atoms with Crippen molar-refractivity contribution in [1.82, 2.24) is 15.1 Å². The molecule has 5 heteroatoms. The molecule has 2 fully saturated rings. The van der Waals surface area contributed by atoms with Crippen molar-refractivity contribution in [3.05, 3.63) is 17.5 Å². The van der Waals surface area contributed by atoms with Gasteiger partial charge in [-0.2, -0.15) is 5.10 Å². The van der Waals surface area contributed by atoms with E-state index in [1.165, 1.54) is 19.3 Å². The molecule has 2 atom stereocenters. The Morgan fingerprint density at radius 2 is 2.04 bits per heavy atom. The maximum Gasteiger partial charge on any atom is 0.269 e. The van der Waals surface area contributed by atoms with E-state index in [0.29, 0.717) is 35.5 Å². The molecule has 1 aromatic rings. The Bertz CT molecular complexity index is 551. The summed E-state index contributed by atoms with van der Waals surface area (Å²) in [4.78, 5) is 12.8. The first-order chi connectivity index (χ1) is 11.0. The Morgan fingerprint density at radius 1 is 1.39 bits per heavy atom. The molecule has 3 N–H and O–H groups in total. The van der Waals surface area contributed by atoms with Gasteiger partial charge in [-0.3, -0.25) is 9.48 Å². The van der Waals surface area contributed by atoms with Crippen molar-refractivity contribution in [1.29, 1.82) is 0 Å². The molecule has 2 bridgehead atoms. The molecule has 23 heavy (non-hydrogen) atoms. The highest BCUT2D eigenvalue weighted by Crippen LogP contribution is 2.39. The summed E-state index contributed by atoms with van der Waals surface area (Å²) in [5.41, 5.74) is 7.87. The van der Waals surface area contributed by atoms with Crippen LogP contribution in [0.3, 0.4) is 0 Å². The van der Waals surface area contributed by atoms with Crippen LogP contribution in [0.4, 0.5) is 0 Å². The molecule has 2 aliphatic rings. The standard InChI is InChI=1S/C18H30N4O/c1-4-22-16(10-15(21-22)11(2)3)18(23)20-17-12-6-5-7-13(17)9-14(19)8-12/h10-14,17H,4-9,19H2,1-3H3,(H,20,23). The summed E-state index contributed by atoms with van der Waals surface area (Å²) in [6.07, 6.45) is 5.76. The van der Waals surface area contributed by atoms with Crippen LogP contribution in [0.2, 0.25) is 0 Å². The molecular weight excluding hydrogens is 288 g/mol. The SMILES string of the molecule is CCn1nc(C(C)C)cc1C(=O)NC1C2CCCC1CC(N)C2. The number of nitrogens with one attached hydrogen (secondary N) is 1. The van der Waals surface area contributed by atoms with Gasteiger partial charge in [-0.25, -0.2) is 0 Å². The molecule has 2 unspecified atom stereocenters. The minimum atomic E-state index is 0.0311. The summed E-state index contributed by atoms with van der Waals surface area (Å²) >= 11 is 0. The molecule has 1 aromatic heterocycles. The molecule has 128 valence electrons. The fourth-order valence-electron chi connectivity index (χ4n) is 4.39. The predicted octanol–water partition coefficient (Wildman–Crippen LogP) is 2.66. The van der Waals surface area contributed by atoms with Gasteiger partial charge >= 0.3 is 0 Å².